The summed E-state index contributed by atoms with van der Waals surface area (Å²) in [5.74, 6) is 0.626. The Morgan fingerprint density at radius 2 is 1.83 bits per heavy atom. The first-order valence-electron chi connectivity index (χ1n) is 8.23. The molecular formula is C16H25N3O4S. The van der Waals surface area contributed by atoms with Crippen molar-refractivity contribution in [2.75, 3.05) is 19.6 Å². The van der Waals surface area contributed by atoms with Crippen molar-refractivity contribution in [3.8, 4) is 0 Å². The van der Waals surface area contributed by atoms with E-state index >= 15 is 0 Å². The van der Waals surface area contributed by atoms with Gasteiger partial charge in [-0.2, -0.15) is 17.0 Å². The van der Waals surface area contributed by atoms with Gasteiger partial charge >= 0.3 is 0 Å². The Morgan fingerprint density at radius 1 is 1.25 bits per heavy atom. The molecule has 0 amide bonds. The van der Waals surface area contributed by atoms with Crippen LogP contribution in [-0.2, 0) is 16.8 Å². The van der Waals surface area contributed by atoms with Crippen LogP contribution in [-0.4, -0.2) is 41.6 Å². The van der Waals surface area contributed by atoms with Crippen LogP contribution >= 0.6 is 0 Å². The minimum Gasteiger partial charge on any atom is -0.258 e. The Morgan fingerprint density at radius 3 is 2.38 bits per heavy atom. The third-order valence-electron chi connectivity index (χ3n) is 4.38. The topological polar surface area (TPSA) is 83.8 Å². The van der Waals surface area contributed by atoms with Gasteiger partial charge in [-0.15, -0.1) is 0 Å². The van der Waals surface area contributed by atoms with Crippen molar-refractivity contribution in [3.63, 3.8) is 0 Å². The molecule has 8 heteroatoms. The molecule has 0 radical (unpaired) electrons. The molecular weight excluding hydrogens is 330 g/mol. The number of rotatable bonds is 6. The second-order valence-electron chi connectivity index (χ2n) is 6.58. The SMILES string of the molecule is CCN(Cc1ccccc1[N+](=O)[O-])S(=O)(=O)N1C[C@H](C)C[C@@H](C)C1. The number of para-hydroxylation sites is 1. The minimum atomic E-state index is -3.64. The van der Waals surface area contributed by atoms with Crippen LogP contribution in [0.25, 0.3) is 0 Å². The van der Waals surface area contributed by atoms with Gasteiger partial charge in [-0.3, -0.25) is 10.1 Å². The van der Waals surface area contributed by atoms with E-state index in [1.165, 1.54) is 14.7 Å². The quantitative estimate of drug-likeness (QED) is 0.580. The van der Waals surface area contributed by atoms with Gasteiger partial charge in [0.1, 0.15) is 0 Å². The number of nitro benzene ring substituents is 1. The molecule has 1 fully saturated rings. The maximum absolute atomic E-state index is 13.0. The summed E-state index contributed by atoms with van der Waals surface area (Å²) in [6, 6.07) is 6.28. The molecule has 0 unspecified atom stereocenters. The van der Waals surface area contributed by atoms with E-state index < -0.39 is 15.1 Å². The second kappa shape index (κ2) is 7.58. The zero-order valence-corrected chi connectivity index (χ0v) is 15.2. The number of nitrogens with zero attached hydrogens (tertiary/aromatic N) is 3. The van der Waals surface area contributed by atoms with E-state index in [2.05, 4.69) is 13.8 Å². The molecule has 0 N–H and O–H groups in total. The van der Waals surface area contributed by atoms with E-state index in [0.29, 0.717) is 30.5 Å². The monoisotopic (exact) mass is 355 g/mol. The van der Waals surface area contributed by atoms with Crippen LogP contribution in [0.15, 0.2) is 24.3 Å². The number of benzene rings is 1. The fourth-order valence-electron chi connectivity index (χ4n) is 3.33. The first kappa shape index (κ1) is 18.8. The molecule has 1 aromatic carbocycles. The predicted molar refractivity (Wildman–Crippen MR) is 92.6 cm³/mol. The van der Waals surface area contributed by atoms with Crippen molar-refractivity contribution < 1.29 is 13.3 Å². The molecule has 0 aromatic heterocycles. The van der Waals surface area contributed by atoms with E-state index in [1.807, 2.05) is 0 Å². The van der Waals surface area contributed by atoms with Crippen LogP contribution in [0.3, 0.4) is 0 Å². The van der Waals surface area contributed by atoms with Gasteiger partial charge in [0.2, 0.25) is 0 Å². The highest BCUT2D eigenvalue weighted by Crippen LogP contribution is 2.27. The van der Waals surface area contributed by atoms with Crippen LogP contribution in [0.1, 0.15) is 32.8 Å². The van der Waals surface area contributed by atoms with Crippen molar-refractivity contribution in [1.82, 2.24) is 8.61 Å². The fraction of sp³-hybridized carbons (Fsp3) is 0.625. The number of hydrogen-bond acceptors (Lipinski definition) is 4. The Hall–Kier alpha value is -1.51. The van der Waals surface area contributed by atoms with Crippen LogP contribution in [0, 0.1) is 22.0 Å². The number of hydrogen-bond donors (Lipinski definition) is 0. The highest BCUT2D eigenvalue weighted by Gasteiger charge is 2.34. The van der Waals surface area contributed by atoms with Crippen molar-refractivity contribution in [2.24, 2.45) is 11.8 Å². The summed E-state index contributed by atoms with van der Waals surface area (Å²) in [6.07, 6.45) is 1.02. The van der Waals surface area contributed by atoms with Crippen LogP contribution in [0.2, 0.25) is 0 Å². The van der Waals surface area contributed by atoms with Gasteiger partial charge in [0, 0.05) is 37.8 Å². The normalized spacial score (nSPS) is 22.7. The molecule has 0 aliphatic carbocycles. The van der Waals surface area contributed by atoms with Gasteiger partial charge in [0.15, 0.2) is 0 Å². The molecule has 2 rings (SSSR count). The average Bonchev–Trinajstić information content (AvgIpc) is 2.51. The molecule has 0 bridgehead atoms. The first-order valence-corrected chi connectivity index (χ1v) is 9.62. The van der Waals surface area contributed by atoms with E-state index in [4.69, 9.17) is 0 Å². The Labute approximate surface area is 143 Å². The van der Waals surface area contributed by atoms with Crippen molar-refractivity contribution >= 4 is 15.9 Å². The number of nitro groups is 1. The van der Waals surface area contributed by atoms with Crippen LogP contribution < -0.4 is 0 Å². The van der Waals surface area contributed by atoms with E-state index in [0.717, 1.165) is 6.42 Å². The van der Waals surface area contributed by atoms with Crippen molar-refractivity contribution in [3.05, 3.63) is 39.9 Å². The molecule has 24 heavy (non-hydrogen) atoms. The maximum Gasteiger partial charge on any atom is 0.282 e. The Balaban J connectivity index is 2.26. The summed E-state index contributed by atoms with van der Waals surface area (Å²) in [6.45, 7) is 7.14. The lowest BCUT2D eigenvalue weighted by Crippen LogP contribution is -2.49. The molecule has 1 aromatic rings. The molecule has 7 nitrogen and oxygen atoms in total. The molecule has 1 aliphatic rings. The molecule has 1 aliphatic heterocycles. The summed E-state index contributed by atoms with van der Waals surface area (Å²) < 4.78 is 28.8. The van der Waals surface area contributed by atoms with Gasteiger partial charge in [-0.05, 0) is 18.3 Å². The van der Waals surface area contributed by atoms with Crippen LogP contribution in [0.4, 0.5) is 5.69 Å². The highest BCUT2D eigenvalue weighted by atomic mass is 32.2. The molecule has 1 heterocycles. The lowest BCUT2D eigenvalue weighted by molar-refractivity contribution is -0.385. The molecule has 1 saturated heterocycles. The zero-order valence-electron chi connectivity index (χ0n) is 14.4. The standard InChI is InChI=1S/C16H25N3O4S/c1-4-17(12-15-7-5-6-8-16(15)19(20)21)24(22,23)18-10-13(2)9-14(3)11-18/h5-8,13-14H,4,9-12H2,1-3H3/t13-,14-/m1/s1. The smallest absolute Gasteiger partial charge is 0.258 e. The summed E-state index contributed by atoms with van der Waals surface area (Å²) >= 11 is 0. The third kappa shape index (κ3) is 4.12. The van der Waals surface area contributed by atoms with Gasteiger partial charge in [0.05, 0.1) is 4.92 Å². The maximum atomic E-state index is 13.0. The molecule has 0 spiro atoms. The van der Waals surface area contributed by atoms with E-state index in [9.17, 15) is 18.5 Å². The molecule has 2 atom stereocenters. The van der Waals surface area contributed by atoms with Gasteiger partial charge in [0.25, 0.3) is 15.9 Å². The van der Waals surface area contributed by atoms with Crippen molar-refractivity contribution in [2.45, 2.75) is 33.7 Å². The van der Waals surface area contributed by atoms with Crippen LogP contribution in [0.5, 0.6) is 0 Å². The average molecular weight is 355 g/mol. The lowest BCUT2D eigenvalue weighted by Gasteiger charge is -2.37. The molecule has 0 saturated carbocycles. The first-order chi connectivity index (χ1) is 11.3. The van der Waals surface area contributed by atoms with Crippen molar-refractivity contribution in [1.29, 1.82) is 0 Å². The largest absolute Gasteiger partial charge is 0.282 e. The summed E-state index contributed by atoms with van der Waals surface area (Å²) in [4.78, 5) is 10.7. The predicted octanol–water partition coefficient (Wildman–Crippen LogP) is 2.64. The Kier molecular flexibility index (Phi) is 5.95. The van der Waals surface area contributed by atoms with E-state index in [1.54, 1.807) is 25.1 Å². The zero-order chi connectivity index (χ0) is 17.9. The van der Waals surface area contributed by atoms with Gasteiger partial charge in [-0.1, -0.05) is 39.0 Å². The number of piperidine rings is 1. The Bertz CT molecular complexity index is 682. The second-order valence-corrected chi connectivity index (χ2v) is 8.51. The lowest BCUT2D eigenvalue weighted by atomic mass is 9.94. The highest BCUT2D eigenvalue weighted by molar-refractivity contribution is 7.86. The summed E-state index contributed by atoms with van der Waals surface area (Å²) in [7, 11) is -3.64. The third-order valence-corrected chi connectivity index (χ3v) is 6.37. The fourth-order valence-corrected chi connectivity index (χ4v) is 5.17. The van der Waals surface area contributed by atoms with Gasteiger partial charge < -0.3 is 0 Å². The molecule has 134 valence electrons. The summed E-state index contributed by atoms with van der Waals surface area (Å²) in [5, 5.41) is 11.2. The van der Waals surface area contributed by atoms with E-state index in [-0.39, 0.29) is 18.8 Å². The summed E-state index contributed by atoms with van der Waals surface area (Å²) in [5.41, 5.74) is 0.359. The van der Waals surface area contributed by atoms with Gasteiger partial charge in [-0.25, -0.2) is 0 Å². The minimum absolute atomic E-state index is 0.00918.